The Morgan fingerprint density at radius 2 is 2.15 bits per heavy atom. The van der Waals surface area contributed by atoms with Crippen molar-refractivity contribution in [1.29, 1.82) is 0 Å². The lowest BCUT2D eigenvalue weighted by molar-refractivity contribution is 0.417. The molecule has 0 fully saturated rings. The number of nitrogen functional groups attached to an aromatic ring is 1. The molecular weight excluding hydrogens is 182 g/mol. The van der Waals surface area contributed by atoms with E-state index in [9.17, 15) is 0 Å². The molecule has 2 rings (SSSR count). The van der Waals surface area contributed by atoms with E-state index >= 15 is 0 Å². The van der Waals surface area contributed by atoms with Gasteiger partial charge < -0.3 is 10.5 Å². The molecule has 0 atom stereocenters. The van der Waals surface area contributed by atoms with E-state index in [2.05, 4.69) is 12.3 Å². The van der Waals surface area contributed by atoms with Crippen LogP contribution in [-0.4, -0.2) is 7.11 Å². The number of rotatable bonds is 1. The first-order valence-corrected chi connectivity index (χ1v) is 4.92. The summed E-state index contributed by atoms with van der Waals surface area (Å²) in [4.78, 5) is 0. The number of thiophene rings is 1. The van der Waals surface area contributed by atoms with Crippen LogP contribution in [0.2, 0.25) is 0 Å². The Kier molecular flexibility index (Phi) is 1.88. The molecule has 0 aliphatic carbocycles. The highest BCUT2D eigenvalue weighted by atomic mass is 32.1. The van der Waals surface area contributed by atoms with Crippen molar-refractivity contribution in [2.24, 2.45) is 0 Å². The smallest absolute Gasteiger partial charge is 0.142 e. The summed E-state index contributed by atoms with van der Waals surface area (Å²) in [7, 11) is 1.64. The van der Waals surface area contributed by atoms with Crippen molar-refractivity contribution in [1.82, 2.24) is 0 Å². The number of hydrogen-bond acceptors (Lipinski definition) is 3. The first-order chi connectivity index (χ1) is 6.24. The van der Waals surface area contributed by atoms with Crippen LogP contribution in [0.15, 0.2) is 17.5 Å². The van der Waals surface area contributed by atoms with Gasteiger partial charge in [0.05, 0.1) is 12.8 Å². The second-order valence-corrected chi connectivity index (χ2v) is 3.88. The molecule has 0 saturated heterocycles. The average molecular weight is 193 g/mol. The molecular formula is C10H11NOS. The molecule has 0 bridgehead atoms. The Hall–Kier alpha value is -1.22. The zero-order chi connectivity index (χ0) is 9.42. The SMILES string of the molecule is COc1ccc2scc(C)c2c1N. The third-order valence-electron chi connectivity index (χ3n) is 2.14. The van der Waals surface area contributed by atoms with Crippen LogP contribution >= 0.6 is 11.3 Å². The highest BCUT2D eigenvalue weighted by Crippen LogP contribution is 2.35. The molecule has 0 aliphatic rings. The summed E-state index contributed by atoms with van der Waals surface area (Å²) in [6.45, 7) is 2.06. The van der Waals surface area contributed by atoms with E-state index in [0.29, 0.717) is 0 Å². The van der Waals surface area contributed by atoms with Gasteiger partial charge in [-0.1, -0.05) is 0 Å². The van der Waals surface area contributed by atoms with Gasteiger partial charge in [-0.05, 0) is 30.0 Å². The van der Waals surface area contributed by atoms with Crippen LogP contribution in [0.3, 0.4) is 0 Å². The molecule has 0 unspecified atom stereocenters. The molecule has 3 heteroatoms. The van der Waals surface area contributed by atoms with Gasteiger partial charge in [-0.2, -0.15) is 0 Å². The number of hydrogen-bond donors (Lipinski definition) is 1. The van der Waals surface area contributed by atoms with E-state index in [1.54, 1.807) is 18.4 Å². The summed E-state index contributed by atoms with van der Waals surface area (Å²) in [6, 6.07) is 3.95. The fraction of sp³-hybridized carbons (Fsp3) is 0.200. The summed E-state index contributed by atoms with van der Waals surface area (Å²) in [5.41, 5.74) is 7.92. The molecule has 2 nitrogen and oxygen atoms in total. The van der Waals surface area contributed by atoms with Gasteiger partial charge in [-0.25, -0.2) is 0 Å². The van der Waals surface area contributed by atoms with Gasteiger partial charge in [-0.3, -0.25) is 0 Å². The average Bonchev–Trinajstić information content (AvgIpc) is 2.49. The maximum absolute atomic E-state index is 5.96. The summed E-state index contributed by atoms with van der Waals surface area (Å²) < 4.78 is 6.38. The van der Waals surface area contributed by atoms with Gasteiger partial charge in [0.2, 0.25) is 0 Å². The summed E-state index contributed by atoms with van der Waals surface area (Å²) in [6.07, 6.45) is 0. The second-order valence-electron chi connectivity index (χ2n) is 2.97. The van der Waals surface area contributed by atoms with Crippen LogP contribution in [0.5, 0.6) is 5.75 Å². The normalized spacial score (nSPS) is 10.6. The third kappa shape index (κ3) is 1.16. The minimum atomic E-state index is 0.749. The lowest BCUT2D eigenvalue weighted by Gasteiger charge is -2.05. The quantitative estimate of drug-likeness (QED) is 0.707. The topological polar surface area (TPSA) is 35.2 Å². The number of aryl methyl sites for hydroxylation is 1. The minimum absolute atomic E-state index is 0.749. The van der Waals surface area contributed by atoms with Crippen molar-refractivity contribution in [2.45, 2.75) is 6.92 Å². The fourth-order valence-corrected chi connectivity index (χ4v) is 2.43. The zero-order valence-corrected chi connectivity index (χ0v) is 8.44. The Morgan fingerprint density at radius 1 is 1.38 bits per heavy atom. The molecule has 0 amide bonds. The van der Waals surface area contributed by atoms with E-state index in [4.69, 9.17) is 10.5 Å². The summed E-state index contributed by atoms with van der Waals surface area (Å²) in [5.74, 6) is 0.758. The van der Waals surface area contributed by atoms with Crippen molar-refractivity contribution in [2.75, 3.05) is 12.8 Å². The molecule has 1 aromatic carbocycles. The molecule has 68 valence electrons. The van der Waals surface area contributed by atoms with Gasteiger partial charge in [0.15, 0.2) is 0 Å². The van der Waals surface area contributed by atoms with Crippen molar-refractivity contribution in [3.8, 4) is 5.75 Å². The molecule has 0 radical (unpaired) electrons. The molecule has 13 heavy (non-hydrogen) atoms. The first kappa shape index (κ1) is 8.38. The summed E-state index contributed by atoms with van der Waals surface area (Å²) >= 11 is 1.71. The number of fused-ring (bicyclic) bond motifs is 1. The number of nitrogens with two attached hydrogens (primary N) is 1. The first-order valence-electron chi connectivity index (χ1n) is 4.04. The molecule has 2 aromatic rings. The lowest BCUT2D eigenvalue weighted by atomic mass is 10.1. The predicted molar refractivity (Wildman–Crippen MR) is 57.5 cm³/mol. The third-order valence-corrected chi connectivity index (χ3v) is 3.21. The number of anilines is 1. The van der Waals surface area contributed by atoms with Crippen LogP contribution in [0, 0.1) is 6.92 Å². The van der Waals surface area contributed by atoms with Crippen molar-refractivity contribution in [3.63, 3.8) is 0 Å². The Bertz CT molecular complexity index is 447. The Labute approximate surface area is 80.9 Å². The van der Waals surface area contributed by atoms with E-state index in [0.717, 1.165) is 16.8 Å². The molecule has 0 saturated carbocycles. The van der Waals surface area contributed by atoms with Gasteiger partial charge >= 0.3 is 0 Å². The maximum Gasteiger partial charge on any atom is 0.142 e. The highest BCUT2D eigenvalue weighted by Gasteiger charge is 2.07. The number of benzene rings is 1. The Morgan fingerprint density at radius 3 is 2.85 bits per heavy atom. The molecule has 2 N–H and O–H groups in total. The van der Waals surface area contributed by atoms with Crippen molar-refractivity contribution < 1.29 is 4.74 Å². The highest BCUT2D eigenvalue weighted by molar-refractivity contribution is 7.17. The van der Waals surface area contributed by atoms with Crippen molar-refractivity contribution >= 4 is 27.1 Å². The second kappa shape index (κ2) is 2.92. The van der Waals surface area contributed by atoms with E-state index in [1.807, 2.05) is 12.1 Å². The largest absolute Gasteiger partial charge is 0.495 e. The van der Waals surface area contributed by atoms with Gasteiger partial charge in [0.25, 0.3) is 0 Å². The van der Waals surface area contributed by atoms with Gasteiger partial charge in [0.1, 0.15) is 5.75 Å². The van der Waals surface area contributed by atoms with E-state index in [1.165, 1.54) is 10.3 Å². The number of methoxy groups -OCH3 is 1. The van der Waals surface area contributed by atoms with E-state index in [-0.39, 0.29) is 0 Å². The Balaban J connectivity index is 2.83. The maximum atomic E-state index is 5.96. The molecule has 1 heterocycles. The number of ether oxygens (including phenoxy) is 1. The van der Waals surface area contributed by atoms with Crippen LogP contribution in [0.1, 0.15) is 5.56 Å². The van der Waals surface area contributed by atoms with Gasteiger partial charge in [0, 0.05) is 10.1 Å². The lowest BCUT2D eigenvalue weighted by Crippen LogP contribution is -1.92. The molecule has 0 aliphatic heterocycles. The van der Waals surface area contributed by atoms with Crippen LogP contribution < -0.4 is 10.5 Å². The zero-order valence-electron chi connectivity index (χ0n) is 7.63. The van der Waals surface area contributed by atoms with Crippen LogP contribution in [-0.2, 0) is 0 Å². The standard InChI is InChI=1S/C10H11NOS/c1-6-5-13-8-4-3-7(12-2)10(11)9(6)8/h3-5H,11H2,1-2H3. The molecule has 0 spiro atoms. The van der Waals surface area contributed by atoms with Crippen LogP contribution in [0.25, 0.3) is 10.1 Å². The van der Waals surface area contributed by atoms with Crippen molar-refractivity contribution in [3.05, 3.63) is 23.1 Å². The minimum Gasteiger partial charge on any atom is -0.495 e. The predicted octanol–water partition coefficient (Wildman–Crippen LogP) is 2.80. The van der Waals surface area contributed by atoms with Gasteiger partial charge in [-0.15, -0.1) is 11.3 Å². The molecule has 1 aromatic heterocycles. The summed E-state index contributed by atoms with van der Waals surface area (Å²) in [5, 5.41) is 3.24. The van der Waals surface area contributed by atoms with Crippen LogP contribution in [0.4, 0.5) is 5.69 Å². The fourth-order valence-electron chi connectivity index (χ4n) is 1.47. The monoisotopic (exact) mass is 193 g/mol. The van der Waals surface area contributed by atoms with E-state index < -0.39 is 0 Å².